The summed E-state index contributed by atoms with van der Waals surface area (Å²) in [5.41, 5.74) is 0.900. The summed E-state index contributed by atoms with van der Waals surface area (Å²) in [5.74, 6) is 0.251. The number of carboxylic acid groups (broad SMARTS) is 1. The molecule has 1 rings (SSSR count). The van der Waals surface area contributed by atoms with E-state index < -0.39 is 12.1 Å². The molecule has 20 heavy (non-hydrogen) atoms. The van der Waals surface area contributed by atoms with Gasteiger partial charge in [-0.2, -0.15) is 0 Å². The normalized spacial score (nSPS) is 11.9. The molecule has 0 spiro atoms. The van der Waals surface area contributed by atoms with Gasteiger partial charge in [0.2, 0.25) is 0 Å². The van der Waals surface area contributed by atoms with Crippen molar-refractivity contribution in [1.82, 2.24) is 0 Å². The van der Waals surface area contributed by atoms with Crippen molar-refractivity contribution in [2.24, 2.45) is 0 Å². The lowest BCUT2D eigenvalue weighted by Gasteiger charge is -2.24. The Balaban J connectivity index is 2.85. The maximum absolute atomic E-state index is 10.9. The molecule has 0 aliphatic carbocycles. The quantitative estimate of drug-likeness (QED) is 0.652. The van der Waals surface area contributed by atoms with Gasteiger partial charge >= 0.3 is 0 Å². The third-order valence-electron chi connectivity index (χ3n) is 2.80. The van der Waals surface area contributed by atoms with E-state index in [2.05, 4.69) is 0 Å². The second-order valence-electron chi connectivity index (χ2n) is 4.20. The van der Waals surface area contributed by atoms with Gasteiger partial charge in [0.15, 0.2) is 0 Å². The predicted molar refractivity (Wildman–Crippen MR) is 79.8 cm³/mol. The number of ether oxygens (including phenoxy) is 1. The average molecular weight is 319 g/mol. The van der Waals surface area contributed by atoms with E-state index in [4.69, 9.17) is 27.9 Å². The van der Waals surface area contributed by atoms with E-state index in [0.717, 1.165) is 5.69 Å². The van der Waals surface area contributed by atoms with Gasteiger partial charge < -0.3 is 19.5 Å². The highest BCUT2D eigenvalue weighted by atomic mass is 35.5. The summed E-state index contributed by atoms with van der Waals surface area (Å²) in [4.78, 5) is 12.9. The molecule has 1 atom stereocenters. The summed E-state index contributed by atoms with van der Waals surface area (Å²) < 4.78 is 5.42. The molecule has 4 nitrogen and oxygen atoms in total. The Labute approximate surface area is 129 Å². The van der Waals surface area contributed by atoms with Crippen LogP contribution < -0.4 is 14.7 Å². The molecule has 0 aromatic heterocycles. The fourth-order valence-electron chi connectivity index (χ4n) is 1.79. The minimum absolute atomic E-state index is 0.347. The zero-order chi connectivity index (χ0) is 15.0. The van der Waals surface area contributed by atoms with Crippen LogP contribution in [0.15, 0.2) is 24.3 Å². The van der Waals surface area contributed by atoms with Crippen LogP contribution in [0.4, 0.5) is 5.69 Å². The Morgan fingerprint density at radius 1 is 1.35 bits per heavy atom. The molecule has 0 saturated carbocycles. The van der Waals surface area contributed by atoms with Crippen LogP contribution in [0.5, 0.6) is 5.75 Å². The molecular formula is C14H18Cl2NO3-. The molecule has 0 aliphatic heterocycles. The third kappa shape index (κ3) is 5.10. The van der Waals surface area contributed by atoms with Gasteiger partial charge in [-0.25, -0.2) is 0 Å². The molecule has 0 heterocycles. The first-order valence-corrected chi connectivity index (χ1v) is 7.53. The number of hydrogen-bond donors (Lipinski definition) is 0. The van der Waals surface area contributed by atoms with E-state index in [-0.39, 0.29) is 0 Å². The largest absolute Gasteiger partial charge is 0.546 e. The monoisotopic (exact) mass is 318 g/mol. The van der Waals surface area contributed by atoms with E-state index in [0.29, 0.717) is 37.0 Å². The highest BCUT2D eigenvalue weighted by molar-refractivity contribution is 6.18. The standard InChI is InChI=1S/C14H19Cl2NO3/c1-2-13(14(18)19)20-12-5-3-4-11(10-12)17(8-6-15)9-7-16/h3-5,10,13H,2,6-9H2,1H3,(H,18,19)/p-1. The van der Waals surface area contributed by atoms with Crippen molar-refractivity contribution in [2.75, 3.05) is 29.7 Å². The highest BCUT2D eigenvalue weighted by Gasteiger charge is 2.11. The van der Waals surface area contributed by atoms with Crippen LogP contribution in [0.25, 0.3) is 0 Å². The Hall–Kier alpha value is -1.13. The van der Waals surface area contributed by atoms with E-state index in [1.165, 1.54) is 0 Å². The summed E-state index contributed by atoms with van der Waals surface area (Å²) in [5, 5.41) is 10.9. The fraction of sp³-hybridized carbons (Fsp3) is 0.500. The van der Waals surface area contributed by atoms with Gasteiger partial charge in [0.1, 0.15) is 11.9 Å². The summed E-state index contributed by atoms with van der Waals surface area (Å²) in [6, 6.07) is 7.22. The summed E-state index contributed by atoms with van der Waals surface area (Å²) in [6.45, 7) is 3.06. The Kier molecular flexibility index (Phi) is 7.55. The first kappa shape index (κ1) is 16.9. The summed E-state index contributed by atoms with van der Waals surface area (Å²) in [7, 11) is 0. The lowest BCUT2D eigenvalue weighted by molar-refractivity contribution is -0.313. The van der Waals surface area contributed by atoms with Gasteiger partial charge in [-0.05, 0) is 18.6 Å². The molecule has 0 aliphatic rings. The number of carbonyl (C=O) groups is 1. The Morgan fingerprint density at radius 3 is 2.50 bits per heavy atom. The summed E-state index contributed by atoms with van der Waals surface area (Å²) >= 11 is 11.5. The predicted octanol–water partition coefficient (Wildman–Crippen LogP) is 1.88. The van der Waals surface area contributed by atoms with E-state index >= 15 is 0 Å². The minimum Gasteiger partial charge on any atom is -0.546 e. The number of aliphatic carboxylic acids is 1. The van der Waals surface area contributed by atoms with Gasteiger partial charge in [0, 0.05) is 36.6 Å². The van der Waals surface area contributed by atoms with Crippen molar-refractivity contribution < 1.29 is 14.6 Å². The first-order valence-electron chi connectivity index (χ1n) is 6.46. The van der Waals surface area contributed by atoms with Crippen LogP contribution in [0.1, 0.15) is 13.3 Å². The molecule has 112 valence electrons. The van der Waals surface area contributed by atoms with Crippen LogP contribution in [0.2, 0.25) is 0 Å². The van der Waals surface area contributed by atoms with Gasteiger partial charge in [0.25, 0.3) is 0 Å². The number of carboxylic acids is 1. The molecular weight excluding hydrogens is 301 g/mol. The van der Waals surface area contributed by atoms with Gasteiger partial charge in [-0.1, -0.05) is 13.0 Å². The van der Waals surface area contributed by atoms with Crippen LogP contribution in [0.3, 0.4) is 0 Å². The van der Waals surface area contributed by atoms with Crippen molar-refractivity contribution in [1.29, 1.82) is 0 Å². The minimum atomic E-state index is -1.21. The lowest BCUT2D eigenvalue weighted by atomic mass is 10.2. The van der Waals surface area contributed by atoms with Crippen LogP contribution in [-0.4, -0.2) is 36.9 Å². The molecule has 0 saturated heterocycles. The van der Waals surface area contributed by atoms with Crippen molar-refractivity contribution in [3.05, 3.63) is 24.3 Å². The number of hydrogen-bond acceptors (Lipinski definition) is 4. The molecule has 0 fully saturated rings. The first-order chi connectivity index (χ1) is 9.62. The molecule has 1 unspecified atom stereocenters. The van der Waals surface area contributed by atoms with Gasteiger partial charge in [-0.3, -0.25) is 0 Å². The SMILES string of the molecule is CCC(Oc1cccc(N(CCCl)CCCl)c1)C(=O)[O-]. The zero-order valence-corrected chi connectivity index (χ0v) is 12.9. The van der Waals surface area contributed by atoms with Crippen molar-refractivity contribution >= 4 is 34.9 Å². The molecule has 0 radical (unpaired) electrons. The third-order valence-corrected chi connectivity index (χ3v) is 3.14. The highest BCUT2D eigenvalue weighted by Crippen LogP contribution is 2.22. The van der Waals surface area contributed by atoms with E-state index in [1.807, 2.05) is 17.0 Å². The van der Waals surface area contributed by atoms with Crippen LogP contribution in [0, 0.1) is 0 Å². The molecule has 1 aromatic carbocycles. The van der Waals surface area contributed by atoms with Gasteiger partial charge in [0.05, 0.1) is 5.97 Å². The maximum Gasteiger partial charge on any atom is 0.138 e. The van der Waals surface area contributed by atoms with E-state index in [9.17, 15) is 9.90 Å². The summed E-state index contributed by atoms with van der Waals surface area (Å²) in [6.07, 6.45) is -0.598. The van der Waals surface area contributed by atoms with Crippen LogP contribution in [-0.2, 0) is 4.79 Å². The number of carbonyl (C=O) groups excluding carboxylic acids is 1. The number of rotatable bonds is 9. The molecule has 0 amide bonds. The lowest BCUT2D eigenvalue weighted by Crippen LogP contribution is -2.39. The Morgan fingerprint density at radius 2 is 2.00 bits per heavy atom. The number of alkyl halides is 2. The second kappa shape index (κ2) is 8.93. The van der Waals surface area contributed by atoms with Crippen LogP contribution >= 0.6 is 23.2 Å². The maximum atomic E-state index is 10.9. The van der Waals surface area contributed by atoms with Crippen molar-refractivity contribution in [3.63, 3.8) is 0 Å². The molecule has 0 bridgehead atoms. The molecule has 1 aromatic rings. The topological polar surface area (TPSA) is 52.6 Å². The zero-order valence-electron chi connectivity index (χ0n) is 11.4. The fourth-order valence-corrected chi connectivity index (χ4v) is 2.20. The van der Waals surface area contributed by atoms with Gasteiger partial charge in [-0.15, -0.1) is 23.2 Å². The molecule has 6 heteroatoms. The Bertz CT molecular complexity index is 423. The number of nitrogens with zero attached hydrogens (tertiary/aromatic N) is 1. The average Bonchev–Trinajstić information content (AvgIpc) is 2.44. The number of halogens is 2. The number of anilines is 1. The smallest absolute Gasteiger partial charge is 0.138 e. The van der Waals surface area contributed by atoms with Crippen molar-refractivity contribution in [3.8, 4) is 5.75 Å². The molecule has 0 N–H and O–H groups in total. The van der Waals surface area contributed by atoms with Crippen molar-refractivity contribution in [2.45, 2.75) is 19.4 Å². The second-order valence-corrected chi connectivity index (χ2v) is 4.95. The number of benzene rings is 1. The van der Waals surface area contributed by atoms with E-state index in [1.54, 1.807) is 19.1 Å².